The molecule has 2 heterocycles. The summed E-state index contributed by atoms with van der Waals surface area (Å²) in [6.45, 7) is 7.87. The molecule has 0 bridgehead atoms. The Bertz CT molecular complexity index is 1030. The highest BCUT2D eigenvalue weighted by atomic mass is 19.4. The van der Waals surface area contributed by atoms with E-state index in [4.69, 9.17) is 11.5 Å². The van der Waals surface area contributed by atoms with Crippen molar-refractivity contribution in [2.75, 3.05) is 26.7 Å². The number of hydrogen-bond donors (Lipinski definition) is 4. The van der Waals surface area contributed by atoms with Gasteiger partial charge in [-0.15, -0.1) is 0 Å². The largest absolute Gasteiger partial charge is 0.393 e. The zero-order valence-corrected chi connectivity index (χ0v) is 23.0. The second-order valence-corrected chi connectivity index (χ2v) is 9.92. The molecule has 6 N–H and O–H groups in total. The fourth-order valence-corrected chi connectivity index (χ4v) is 4.53. The number of benzene rings is 1. The van der Waals surface area contributed by atoms with Gasteiger partial charge in [0, 0.05) is 51.9 Å². The normalized spacial score (nSPS) is 19.4. The SMILES string of the molecule is C=CC(=C)NC.NCc1ccc(CNC(=O)C2CCCN2C(=O)C(N)CCC(=O)N2CCC(C(F)(F)F)C2)cc1. The number of halogens is 3. The molecule has 1 aromatic rings. The zero-order chi connectivity index (χ0) is 29.9. The first-order chi connectivity index (χ1) is 18.9. The van der Waals surface area contributed by atoms with Crippen LogP contribution in [0.4, 0.5) is 13.2 Å². The summed E-state index contributed by atoms with van der Waals surface area (Å²) in [4.78, 5) is 40.5. The molecular weight excluding hydrogens is 525 g/mol. The van der Waals surface area contributed by atoms with E-state index < -0.39 is 36.0 Å². The Morgan fingerprint density at radius 3 is 2.33 bits per heavy atom. The van der Waals surface area contributed by atoms with Crippen molar-refractivity contribution in [3.63, 3.8) is 0 Å². The first-order valence-electron chi connectivity index (χ1n) is 13.4. The summed E-state index contributed by atoms with van der Waals surface area (Å²) in [5, 5.41) is 5.65. The van der Waals surface area contributed by atoms with Gasteiger partial charge in [0.2, 0.25) is 17.7 Å². The summed E-state index contributed by atoms with van der Waals surface area (Å²) >= 11 is 0. The molecule has 0 saturated carbocycles. The van der Waals surface area contributed by atoms with Gasteiger partial charge in [0.25, 0.3) is 0 Å². The van der Waals surface area contributed by atoms with Gasteiger partial charge in [-0.3, -0.25) is 14.4 Å². The van der Waals surface area contributed by atoms with Gasteiger partial charge < -0.3 is 31.9 Å². The number of allylic oxidation sites excluding steroid dienone is 1. The summed E-state index contributed by atoms with van der Waals surface area (Å²) in [5.41, 5.74) is 14.3. The molecule has 12 heteroatoms. The monoisotopic (exact) mass is 566 g/mol. The van der Waals surface area contributed by atoms with E-state index in [9.17, 15) is 27.6 Å². The third-order valence-electron chi connectivity index (χ3n) is 7.12. The minimum absolute atomic E-state index is 0.0170. The summed E-state index contributed by atoms with van der Waals surface area (Å²) < 4.78 is 38.5. The number of hydrogen-bond acceptors (Lipinski definition) is 6. The third kappa shape index (κ3) is 9.67. The highest BCUT2D eigenvalue weighted by Gasteiger charge is 2.44. The van der Waals surface area contributed by atoms with E-state index in [1.165, 1.54) is 9.80 Å². The van der Waals surface area contributed by atoms with Gasteiger partial charge in [-0.2, -0.15) is 13.2 Å². The lowest BCUT2D eigenvalue weighted by Gasteiger charge is -2.27. The fraction of sp³-hybridized carbons (Fsp3) is 0.536. The average Bonchev–Trinajstić information content (AvgIpc) is 3.65. The highest BCUT2D eigenvalue weighted by molar-refractivity contribution is 5.90. The number of likely N-dealkylation sites (tertiary alicyclic amines) is 2. The molecule has 2 saturated heterocycles. The molecule has 2 aliphatic heterocycles. The predicted molar refractivity (Wildman–Crippen MR) is 147 cm³/mol. The van der Waals surface area contributed by atoms with Crippen LogP contribution in [0.2, 0.25) is 0 Å². The van der Waals surface area contributed by atoms with Crippen LogP contribution >= 0.6 is 0 Å². The van der Waals surface area contributed by atoms with Crippen molar-refractivity contribution in [1.29, 1.82) is 0 Å². The highest BCUT2D eigenvalue weighted by Crippen LogP contribution is 2.33. The van der Waals surface area contributed by atoms with Crippen molar-refractivity contribution in [1.82, 2.24) is 20.4 Å². The molecule has 40 heavy (non-hydrogen) atoms. The number of rotatable bonds is 10. The van der Waals surface area contributed by atoms with Crippen LogP contribution in [0.15, 0.2) is 49.2 Å². The summed E-state index contributed by atoms with van der Waals surface area (Å²) in [7, 11) is 1.81. The van der Waals surface area contributed by atoms with Crippen LogP contribution < -0.4 is 22.1 Å². The number of carbonyl (C=O) groups excluding carboxylic acids is 3. The number of nitrogens with one attached hydrogen (secondary N) is 2. The molecule has 222 valence electrons. The molecule has 3 amide bonds. The van der Waals surface area contributed by atoms with E-state index in [1.54, 1.807) is 6.08 Å². The van der Waals surface area contributed by atoms with Crippen LogP contribution in [0.5, 0.6) is 0 Å². The molecule has 0 aromatic heterocycles. The number of carbonyl (C=O) groups is 3. The molecule has 3 unspecified atom stereocenters. The van der Waals surface area contributed by atoms with Crippen molar-refractivity contribution >= 4 is 17.7 Å². The maximum Gasteiger partial charge on any atom is 0.393 e. The van der Waals surface area contributed by atoms with Crippen molar-refractivity contribution in [3.8, 4) is 0 Å². The molecule has 1 aromatic carbocycles. The first-order valence-corrected chi connectivity index (χ1v) is 13.4. The van der Waals surface area contributed by atoms with E-state index in [0.717, 1.165) is 16.8 Å². The Morgan fingerprint density at radius 1 is 1.15 bits per heavy atom. The Kier molecular flexibility index (Phi) is 12.7. The van der Waals surface area contributed by atoms with Crippen LogP contribution in [0.3, 0.4) is 0 Å². The smallest absolute Gasteiger partial charge is 0.389 e. The van der Waals surface area contributed by atoms with Crippen molar-refractivity contribution in [3.05, 3.63) is 60.3 Å². The van der Waals surface area contributed by atoms with Gasteiger partial charge in [0.15, 0.2) is 0 Å². The third-order valence-corrected chi connectivity index (χ3v) is 7.12. The molecular formula is C28H41F3N6O3. The van der Waals surface area contributed by atoms with Gasteiger partial charge in [0.1, 0.15) is 6.04 Å². The summed E-state index contributed by atoms with van der Waals surface area (Å²) in [5.74, 6) is -2.64. The number of likely N-dealkylation sites (N-methyl/N-ethyl adjacent to an activating group) is 1. The Labute approximate surface area is 233 Å². The second kappa shape index (κ2) is 15.4. The molecule has 0 spiro atoms. The quantitative estimate of drug-likeness (QED) is 0.321. The lowest BCUT2D eigenvalue weighted by molar-refractivity contribution is -0.171. The van der Waals surface area contributed by atoms with E-state index in [0.29, 0.717) is 32.5 Å². The average molecular weight is 567 g/mol. The molecule has 3 rings (SSSR count). The maximum atomic E-state index is 12.9. The first kappa shape index (κ1) is 32.8. The molecule has 2 aliphatic rings. The maximum absolute atomic E-state index is 12.9. The summed E-state index contributed by atoms with van der Waals surface area (Å²) in [6.07, 6.45) is -1.68. The van der Waals surface area contributed by atoms with Gasteiger partial charge >= 0.3 is 6.18 Å². The van der Waals surface area contributed by atoms with Crippen LogP contribution in [0.25, 0.3) is 0 Å². The topological polar surface area (TPSA) is 134 Å². The lowest BCUT2D eigenvalue weighted by atomic mass is 10.1. The van der Waals surface area contributed by atoms with Gasteiger partial charge in [-0.1, -0.05) is 37.4 Å². The van der Waals surface area contributed by atoms with Gasteiger partial charge in [0.05, 0.1) is 12.0 Å². The molecule has 0 radical (unpaired) electrons. The van der Waals surface area contributed by atoms with E-state index >= 15 is 0 Å². The second-order valence-electron chi connectivity index (χ2n) is 9.92. The zero-order valence-electron chi connectivity index (χ0n) is 23.0. The van der Waals surface area contributed by atoms with E-state index in [2.05, 4.69) is 23.8 Å². The fourth-order valence-electron chi connectivity index (χ4n) is 4.53. The van der Waals surface area contributed by atoms with E-state index in [1.807, 2.05) is 31.3 Å². The van der Waals surface area contributed by atoms with Gasteiger partial charge in [-0.25, -0.2) is 0 Å². The van der Waals surface area contributed by atoms with Crippen LogP contribution in [-0.4, -0.2) is 72.5 Å². The number of alkyl halides is 3. The Morgan fingerprint density at radius 2 is 1.80 bits per heavy atom. The minimum Gasteiger partial charge on any atom is -0.389 e. The van der Waals surface area contributed by atoms with Crippen LogP contribution in [0.1, 0.15) is 43.2 Å². The molecule has 9 nitrogen and oxygen atoms in total. The lowest BCUT2D eigenvalue weighted by Crippen LogP contribution is -2.51. The van der Waals surface area contributed by atoms with Crippen LogP contribution in [0, 0.1) is 5.92 Å². The molecule has 0 aliphatic carbocycles. The molecule has 2 fully saturated rings. The van der Waals surface area contributed by atoms with Gasteiger partial charge in [-0.05, 0) is 42.9 Å². The number of nitrogens with zero attached hydrogens (tertiary/aromatic N) is 2. The predicted octanol–water partition coefficient (Wildman–Crippen LogP) is 2.18. The number of amides is 3. The summed E-state index contributed by atoms with van der Waals surface area (Å²) in [6, 6.07) is 5.90. The molecule has 3 atom stereocenters. The standard InChI is InChI=1S/C23H32F3N5O3.C5H9N/c24-23(25,26)17-9-11-30(14-17)20(32)8-7-18(28)22(34)31-10-1-2-19(31)21(33)29-13-16-5-3-15(12-27)4-6-16;1-4-5(2)6-3/h3-6,17-19H,1-2,7-14,27-28H2,(H,29,33);4,6H,1-2H2,3H3. The Balaban J connectivity index is 0.000000840. The Hall–Kier alpha value is -3.38. The van der Waals surface area contributed by atoms with Crippen molar-refractivity contribution < 1.29 is 27.6 Å². The number of nitrogens with two attached hydrogens (primary N) is 2. The van der Waals surface area contributed by atoms with Crippen molar-refractivity contribution in [2.24, 2.45) is 17.4 Å². The van der Waals surface area contributed by atoms with Crippen molar-refractivity contribution in [2.45, 2.75) is 63.5 Å². The minimum atomic E-state index is -4.32. The van der Waals surface area contributed by atoms with E-state index in [-0.39, 0.29) is 38.3 Å². The van der Waals surface area contributed by atoms with Crippen LogP contribution in [-0.2, 0) is 27.5 Å².